The Morgan fingerprint density at radius 1 is 1.00 bits per heavy atom. The minimum atomic E-state index is -0.733. The second-order valence-corrected chi connectivity index (χ2v) is 4.86. The zero-order chi connectivity index (χ0) is 14.0. The third-order valence-electron chi connectivity index (χ3n) is 2.53. The summed E-state index contributed by atoms with van der Waals surface area (Å²) < 4.78 is 39.2. The van der Waals surface area contributed by atoms with Crippen LogP contribution in [-0.2, 0) is 6.42 Å². The SMILES string of the molecule is O=C(Cc1cc(F)cc(F)c1)c1ccc(F)c(Br)c1. The number of carbonyl (C=O) groups excluding carboxylic acids is 1. The van der Waals surface area contributed by atoms with Gasteiger partial charge in [-0.1, -0.05) is 0 Å². The molecule has 0 aliphatic heterocycles. The van der Waals surface area contributed by atoms with Gasteiger partial charge in [-0.15, -0.1) is 0 Å². The molecule has 0 radical (unpaired) electrons. The lowest BCUT2D eigenvalue weighted by atomic mass is 10.0. The quantitative estimate of drug-likeness (QED) is 0.768. The fourth-order valence-corrected chi connectivity index (χ4v) is 2.05. The molecule has 98 valence electrons. The van der Waals surface area contributed by atoms with E-state index in [1.54, 1.807) is 0 Å². The highest BCUT2D eigenvalue weighted by Crippen LogP contribution is 2.18. The molecule has 0 fully saturated rings. The summed E-state index contributed by atoms with van der Waals surface area (Å²) in [6, 6.07) is 6.76. The number of benzene rings is 2. The Morgan fingerprint density at radius 3 is 2.21 bits per heavy atom. The summed E-state index contributed by atoms with van der Waals surface area (Å²) in [6.45, 7) is 0. The van der Waals surface area contributed by atoms with Gasteiger partial charge in [0.15, 0.2) is 5.78 Å². The molecule has 0 aliphatic rings. The summed E-state index contributed by atoms with van der Waals surface area (Å²) >= 11 is 2.98. The van der Waals surface area contributed by atoms with Gasteiger partial charge >= 0.3 is 0 Å². The number of hydrogen-bond donors (Lipinski definition) is 0. The van der Waals surface area contributed by atoms with Gasteiger partial charge < -0.3 is 0 Å². The standard InChI is InChI=1S/C14H8BrF3O/c15-12-6-9(1-2-13(12)18)14(19)5-8-3-10(16)7-11(17)4-8/h1-4,6-7H,5H2. The van der Waals surface area contributed by atoms with Gasteiger partial charge in [-0.05, 0) is 51.8 Å². The van der Waals surface area contributed by atoms with E-state index in [0.29, 0.717) is 0 Å². The zero-order valence-corrected chi connectivity index (χ0v) is 11.2. The largest absolute Gasteiger partial charge is 0.294 e. The van der Waals surface area contributed by atoms with E-state index in [-0.39, 0.29) is 27.8 Å². The van der Waals surface area contributed by atoms with Crippen LogP contribution in [0.15, 0.2) is 40.9 Å². The van der Waals surface area contributed by atoms with E-state index in [9.17, 15) is 18.0 Å². The molecule has 0 atom stereocenters. The maximum absolute atomic E-state index is 13.0. The Labute approximate surface area is 116 Å². The highest BCUT2D eigenvalue weighted by molar-refractivity contribution is 9.10. The summed E-state index contributed by atoms with van der Waals surface area (Å²) in [5.74, 6) is -2.29. The van der Waals surface area contributed by atoms with Crippen molar-refractivity contribution in [1.82, 2.24) is 0 Å². The lowest BCUT2D eigenvalue weighted by Gasteiger charge is -2.03. The van der Waals surface area contributed by atoms with Crippen molar-refractivity contribution >= 4 is 21.7 Å². The van der Waals surface area contributed by atoms with E-state index in [1.165, 1.54) is 12.1 Å². The molecule has 2 aromatic rings. The molecule has 19 heavy (non-hydrogen) atoms. The van der Waals surface area contributed by atoms with E-state index in [0.717, 1.165) is 24.3 Å². The van der Waals surface area contributed by atoms with Crippen molar-refractivity contribution in [3.63, 3.8) is 0 Å². The molecule has 2 aromatic carbocycles. The van der Waals surface area contributed by atoms with Gasteiger partial charge in [0.1, 0.15) is 17.5 Å². The number of Topliss-reactive ketones (excluding diaryl/α,β-unsaturated/α-hetero) is 1. The maximum Gasteiger partial charge on any atom is 0.167 e. The van der Waals surface area contributed by atoms with Crippen molar-refractivity contribution < 1.29 is 18.0 Å². The first-order valence-electron chi connectivity index (χ1n) is 5.39. The van der Waals surface area contributed by atoms with Gasteiger partial charge in [0.25, 0.3) is 0 Å². The predicted octanol–water partition coefficient (Wildman–Crippen LogP) is 4.29. The van der Waals surface area contributed by atoms with E-state index in [4.69, 9.17) is 0 Å². The monoisotopic (exact) mass is 328 g/mol. The Bertz CT molecular complexity index is 620. The predicted molar refractivity (Wildman–Crippen MR) is 68.5 cm³/mol. The number of ketones is 1. The van der Waals surface area contributed by atoms with Crippen LogP contribution in [0.25, 0.3) is 0 Å². The van der Waals surface area contributed by atoms with E-state index in [1.807, 2.05) is 0 Å². The first-order valence-corrected chi connectivity index (χ1v) is 6.18. The minimum absolute atomic E-state index is 0.146. The molecule has 1 nitrogen and oxygen atoms in total. The summed E-state index contributed by atoms with van der Waals surface area (Å²) in [5.41, 5.74) is 0.515. The molecule has 0 spiro atoms. The molecule has 0 bridgehead atoms. The number of halogens is 4. The topological polar surface area (TPSA) is 17.1 Å². The Morgan fingerprint density at radius 2 is 1.63 bits per heavy atom. The van der Waals surface area contributed by atoms with Crippen molar-refractivity contribution in [2.75, 3.05) is 0 Å². The molecule has 2 rings (SSSR count). The maximum atomic E-state index is 13.0. The number of carbonyl (C=O) groups is 1. The summed E-state index contributed by atoms with van der Waals surface area (Å²) in [6.07, 6.45) is -0.146. The van der Waals surface area contributed by atoms with Crippen molar-refractivity contribution in [3.8, 4) is 0 Å². The average Bonchev–Trinajstić information content (AvgIpc) is 2.31. The fourth-order valence-electron chi connectivity index (χ4n) is 1.67. The number of rotatable bonds is 3. The third kappa shape index (κ3) is 3.44. The van der Waals surface area contributed by atoms with Crippen molar-refractivity contribution in [2.24, 2.45) is 0 Å². The van der Waals surface area contributed by atoms with E-state index < -0.39 is 17.5 Å². The fraction of sp³-hybridized carbons (Fsp3) is 0.0714. The third-order valence-corrected chi connectivity index (χ3v) is 3.14. The molecule has 0 unspecified atom stereocenters. The second-order valence-electron chi connectivity index (χ2n) is 4.01. The average molecular weight is 329 g/mol. The molecular formula is C14H8BrF3O. The molecule has 0 heterocycles. The van der Waals surface area contributed by atoms with Gasteiger partial charge in [-0.2, -0.15) is 0 Å². The van der Waals surface area contributed by atoms with Crippen LogP contribution >= 0.6 is 15.9 Å². The molecule has 0 saturated carbocycles. The lowest BCUT2D eigenvalue weighted by Crippen LogP contribution is -2.04. The molecule has 0 N–H and O–H groups in total. The van der Waals surface area contributed by atoms with Crippen LogP contribution in [0, 0.1) is 17.5 Å². The highest BCUT2D eigenvalue weighted by atomic mass is 79.9. The molecule has 0 saturated heterocycles. The molecule has 0 aromatic heterocycles. The van der Waals surface area contributed by atoms with Crippen LogP contribution in [-0.4, -0.2) is 5.78 Å². The van der Waals surface area contributed by atoms with Crippen molar-refractivity contribution in [2.45, 2.75) is 6.42 Å². The molecule has 0 amide bonds. The highest BCUT2D eigenvalue weighted by Gasteiger charge is 2.11. The van der Waals surface area contributed by atoms with Gasteiger partial charge in [-0.25, -0.2) is 13.2 Å². The summed E-state index contributed by atoms with van der Waals surface area (Å²) in [4.78, 5) is 11.9. The first kappa shape index (κ1) is 13.8. The Hall–Kier alpha value is -1.62. The Kier molecular flexibility index (Phi) is 4.04. The van der Waals surface area contributed by atoms with Gasteiger partial charge in [0, 0.05) is 18.1 Å². The van der Waals surface area contributed by atoms with Gasteiger partial charge in [0.2, 0.25) is 0 Å². The summed E-state index contributed by atoms with van der Waals surface area (Å²) in [7, 11) is 0. The zero-order valence-electron chi connectivity index (χ0n) is 9.59. The molecular weight excluding hydrogens is 321 g/mol. The van der Waals surface area contributed by atoms with E-state index >= 15 is 0 Å². The van der Waals surface area contributed by atoms with Gasteiger partial charge in [-0.3, -0.25) is 4.79 Å². The van der Waals surface area contributed by atoms with Crippen molar-refractivity contribution in [1.29, 1.82) is 0 Å². The van der Waals surface area contributed by atoms with Crippen LogP contribution in [0.2, 0.25) is 0 Å². The molecule has 5 heteroatoms. The normalized spacial score (nSPS) is 10.5. The van der Waals surface area contributed by atoms with E-state index in [2.05, 4.69) is 15.9 Å². The summed E-state index contributed by atoms with van der Waals surface area (Å²) in [5, 5.41) is 0. The lowest BCUT2D eigenvalue weighted by molar-refractivity contribution is 0.0993. The van der Waals surface area contributed by atoms with Crippen LogP contribution < -0.4 is 0 Å². The first-order chi connectivity index (χ1) is 8.95. The Balaban J connectivity index is 2.22. The van der Waals surface area contributed by atoms with Crippen LogP contribution in [0.3, 0.4) is 0 Å². The second kappa shape index (κ2) is 5.57. The molecule has 0 aliphatic carbocycles. The van der Waals surface area contributed by atoms with Gasteiger partial charge in [0.05, 0.1) is 4.47 Å². The van der Waals surface area contributed by atoms with Crippen LogP contribution in [0.5, 0.6) is 0 Å². The van der Waals surface area contributed by atoms with Crippen LogP contribution in [0.4, 0.5) is 13.2 Å². The van der Waals surface area contributed by atoms with Crippen LogP contribution in [0.1, 0.15) is 15.9 Å². The minimum Gasteiger partial charge on any atom is -0.294 e. The smallest absolute Gasteiger partial charge is 0.167 e. The van der Waals surface area contributed by atoms with Crippen molar-refractivity contribution in [3.05, 3.63) is 69.4 Å². The number of hydrogen-bond acceptors (Lipinski definition) is 1.